The van der Waals surface area contributed by atoms with E-state index in [9.17, 15) is 0 Å². The minimum Gasteiger partial charge on any atom is -0.303 e. The predicted molar refractivity (Wildman–Crippen MR) is 139 cm³/mol. The molecule has 2 atom stereocenters. The smallest absolute Gasteiger partial charge is 0.0120 e. The summed E-state index contributed by atoms with van der Waals surface area (Å²) < 4.78 is 0. The Morgan fingerprint density at radius 1 is 1.03 bits per heavy atom. The summed E-state index contributed by atoms with van der Waals surface area (Å²) in [6.07, 6.45) is 22.5. The van der Waals surface area contributed by atoms with Crippen LogP contribution in [0.15, 0.2) is 48.1 Å². The first-order valence-corrected chi connectivity index (χ1v) is 12.7. The Balaban J connectivity index is 0.000000428. The van der Waals surface area contributed by atoms with Gasteiger partial charge in [0.05, 0.1) is 0 Å². The molecule has 0 N–H and O–H groups in total. The van der Waals surface area contributed by atoms with E-state index in [1.165, 1.54) is 81.1 Å². The monoisotopic (exact) mass is 415 g/mol. The van der Waals surface area contributed by atoms with Crippen LogP contribution in [0.4, 0.5) is 0 Å². The number of unbranched alkanes of at least 4 members (excludes halogenated alkanes) is 1. The Kier molecular flexibility index (Phi) is 18.0. The van der Waals surface area contributed by atoms with Crippen molar-refractivity contribution in [1.29, 1.82) is 0 Å². The molecule has 2 unspecified atom stereocenters. The number of nitrogens with zero attached hydrogens (tertiary/aromatic N) is 1. The average molecular weight is 416 g/mol. The van der Waals surface area contributed by atoms with Crippen LogP contribution in [0, 0.1) is 5.92 Å². The summed E-state index contributed by atoms with van der Waals surface area (Å²) in [5, 5.41) is 0. The lowest BCUT2D eigenvalue weighted by Gasteiger charge is -2.42. The van der Waals surface area contributed by atoms with Crippen molar-refractivity contribution in [3.63, 3.8) is 0 Å². The Labute approximate surface area is 190 Å². The highest BCUT2D eigenvalue weighted by Gasteiger charge is 2.30. The van der Waals surface area contributed by atoms with Crippen LogP contribution in [0.1, 0.15) is 112 Å². The Hall–Kier alpha value is -1.08. The van der Waals surface area contributed by atoms with E-state index in [0.29, 0.717) is 0 Å². The largest absolute Gasteiger partial charge is 0.303 e. The van der Waals surface area contributed by atoms with Crippen LogP contribution < -0.4 is 0 Å². The molecular formula is C29H53N. The third-order valence-corrected chi connectivity index (χ3v) is 6.42. The van der Waals surface area contributed by atoms with Gasteiger partial charge in [0, 0.05) is 6.04 Å². The standard InChI is InChI=1S/C11H20.C10H19N.C8H14/c1-5-8-10(4)11(7-3)9-6-2;1-11-8-4-6-9-5-2-3-7-10(9)11;1-4-5-6-7-8(2)3/h7-8H,5-6,9H2,1-4H3;9-10H,2-8H2,1H3;4H,1-2,5-7H2,3H3/b10-8-,11-7-;;. The second kappa shape index (κ2) is 18.7. The first-order chi connectivity index (χ1) is 14.4. The van der Waals surface area contributed by atoms with Crippen LogP contribution >= 0.6 is 0 Å². The SMILES string of the molecule is C/C=C(CCC)\C(C)=C/CC.C=CCCCC(=C)C.CN1CCCC2CCCCC21. The van der Waals surface area contributed by atoms with Crippen molar-refractivity contribution in [3.8, 4) is 0 Å². The first kappa shape index (κ1) is 28.9. The second-order valence-electron chi connectivity index (χ2n) is 9.23. The van der Waals surface area contributed by atoms with Crippen molar-refractivity contribution >= 4 is 0 Å². The molecule has 0 amide bonds. The number of fused-ring (bicyclic) bond motifs is 1. The normalized spacial score (nSPS) is 22.1. The number of rotatable bonds is 8. The van der Waals surface area contributed by atoms with Gasteiger partial charge in [0.1, 0.15) is 0 Å². The van der Waals surface area contributed by atoms with Gasteiger partial charge in [-0.1, -0.05) is 62.5 Å². The number of hydrogen-bond donors (Lipinski definition) is 0. The first-order valence-electron chi connectivity index (χ1n) is 12.7. The Morgan fingerprint density at radius 2 is 1.70 bits per heavy atom. The lowest BCUT2D eigenvalue weighted by molar-refractivity contribution is 0.0841. The van der Waals surface area contributed by atoms with E-state index < -0.39 is 0 Å². The molecule has 30 heavy (non-hydrogen) atoms. The summed E-state index contributed by atoms with van der Waals surface area (Å²) in [5.74, 6) is 1.06. The molecule has 2 fully saturated rings. The van der Waals surface area contributed by atoms with E-state index in [0.717, 1.165) is 31.2 Å². The van der Waals surface area contributed by atoms with Gasteiger partial charge in [-0.05, 0) is 104 Å². The van der Waals surface area contributed by atoms with Gasteiger partial charge in [-0.3, -0.25) is 0 Å². The number of likely N-dealkylation sites (tertiary alicyclic amines) is 1. The van der Waals surface area contributed by atoms with E-state index in [1.54, 1.807) is 0 Å². The van der Waals surface area contributed by atoms with Gasteiger partial charge in [0.25, 0.3) is 0 Å². The lowest BCUT2D eigenvalue weighted by Crippen LogP contribution is -2.44. The number of allylic oxidation sites excluding steroid dienone is 6. The summed E-state index contributed by atoms with van der Waals surface area (Å²) in [6, 6.07) is 0.956. The topological polar surface area (TPSA) is 3.24 Å². The Bertz CT molecular complexity index is 508. The summed E-state index contributed by atoms with van der Waals surface area (Å²) in [7, 11) is 2.31. The molecule has 2 aliphatic rings. The van der Waals surface area contributed by atoms with E-state index in [-0.39, 0.29) is 0 Å². The van der Waals surface area contributed by atoms with E-state index in [4.69, 9.17) is 0 Å². The van der Waals surface area contributed by atoms with Crippen molar-refractivity contribution in [2.24, 2.45) is 5.92 Å². The predicted octanol–water partition coefficient (Wildman–Crippen LogP) is 9.28. The fraction of sp³-hybridized carbons (Fsp3) is 0.724. The van der Waals surface area contributed by atoms with E-state index >= 15 is 0 Å². The third-order valence-electron chi connectivity index (χ3n) is 6.42. The molecule has 0 aromatic rings. The van der Waals surface area contributed by atoms with Gasteiger partial charge < -0.3 is 4.90 Å². The van der Waals surface area contributed by atoms with Gasteiger partial charge >= 0.3 is 0 Å². The third kappa shape index (κ3) is 13.3. The molecule has 0 aromatic heterocycles. The summed E-state index contributed by atoms with van der Waals surface area (Å²) in [4.78, 5) is 2.59. The number of hydrogen-bond acceptors (Lipinski definition) is 1. The minimum absolute atomic E-state index is 0.956. The van der Waals surface area contributed by atoms with Crippen LogP contribution in [-0.2, 0) is 0 Å². The zero-order valence-electron chi connectivity index (χ0n) is 21.4. The van der Waals surface area contributed by atoms with Crippen LogP contribution in [-0.4, -0.2) is 24.5 Å². The van der Waals surface area contributed by atoms with Gasteiger partial charge in [-0.25, -0.2) is 0 Å². The van der Waals surface area contributed by atoms with Crippen LogP contribution in [0.2, 0.25) is 0 Å². The molecule has 0 spiro atoms. The molecule has 1 aliphatic carbocycles. The lowest BCUT2D eigenvalue weighted by atomic mass is 9.79. The molecule has 1 saturated carbocycles. The van der Waals surface area contributed by atoms with Gasteiger partial charge in [-0.2, -0.15) is 0 Å². The van der Waals surface area contributed by atoms with Crippen molar-refractivity contribution in [3.05, 3.63) is 48.1 Å². The average Bonchev–Trinajstić information content (AvgIpc) is 2.73. The highest BCUT2D eigenvalue weighted by atomic mass is 15.1. The maximum atomic E-state index is 3.79. The molecule has 2 rings (SSSR count). The fourth-order valence-corrected chi connectivity index (χ4v) is 4.70. The fourth-order valence-electron chi connectivity index (χ4n) is 4.70. The van der Waals surface area contributed by atoms with Crippen molar-refractivity contribution in [2.75, 3.05) is 13.6 Å². The molecule has 0 bridgehead atoms. The van der Waals surface area contributed by atoms with Gasteiger partial charge in [0.15, 0.2) is 0 Å². The molecule has 174 valence electrons. The molecular weight excluding hydrogens is 362 g/mol. The van der Waals surface area contributed by atoms with Gasteiger partial charge in [-0.15, -0.1) is 13.2 Å². The summed E-state index contributed by atoms with van der Waals surface area (Å²) >= 11 is 0. The van der Waals surface area contributed by atoms with Crippen molar-refractivity contribution in [1.82, 2.24) is 4.90 Å². The van der Waals surface area contributed by atoms with Crippen LogP contribution in [0.25, 0.3) is 0 Å². The molecule has 0 radical (unpaired) electrons. The maximum absolute atomic E-state index is 3.79. The molecule has 1 aliphatic heterocycles. The molecule has 1 heterocycles. The molecule has 1 nitrogen and oxygen atoms in total. The highest BCUT2D eigenvalue weighted by Crippen LogP contribution is 2.34. The summed E-state index contributed by atoms with van der Waals surface area (Å²) in [6.45, 7) is 19.6. The van der Waals surface area contributed by atoms with Crippen molar-refractivity contribution in [2.45, 2.75) is 118 Å². The summed E-state index contributed by atoms with van der Waals surface area (Å²) in [5.41, 5.74) is 4.23. The molecule has 0 aromatic carbocycles. The Morgan fingerprint density at radius 3 is 2.23 bits per heavy atom. The maximum Gasteiger partial charge on any atom is 0.0120 e. The van der Waals surface area contributed by atoms with E-state index in [1.807, 2.05) is 6.08 Å². The van der Waals surface area contributed by atoms with Crippen molar-refractivity contribution < 1.29 is 0 Å². The molecule has 1 heteroatoms. The van der Waals surface area contributed by atoms with Crippen LogP contribution in [0.3, 0.4) is 0 Å². The molecule has 1 saturated heterocycles. The van der Waals surface area contributed by atoms with Crippen LogP contribution in [0.5, 0.6) is 0 Å². The number of piperidine rings is 1. The second-order valence-corrected chi connectivity index (χ2v) is 9.23. The van der Waals surface area contributed by atoms with Gasteiger partial charge in [0.2, 0.25) is 0 Å². The zero-order chi connectivity index (χ0) is 22.8. The zero-order valence-corrected chi connectivity index (χ0v) is 21.4. The minimum atomic E-state index is 0.956. The quantitative estimate of drug-likeness (QED) is 0.217. The van der Waals surface area contributed by atoms with E-state index in [2.05, 4.69) is 71.9 Å². The highest BCUT2D eigenvalue weighted by molar-refractivity contribution is 5.28.